The van der Waals surface area contributed by atoms with Gasteiger partial charge in [-0.2, -0.15) is 13.2 Å². The molecule has 1 aromatic rings. The number of hydrogen-bond donors (Lipinski definition) is 1. The third-order valence-electron chi connectivity index (χ3n) is 3.73. The second-order valence-corrected chi connectivity index (χ2v) is 5.66. The van der Waals surface area contributed by atoms with Crippen LogP contribution in [0, 0.1) is 0 Å². The molecule has 0 aliphatic rings. The van der Waals surface area contributed by atoms with Crippen molar-refractivity contribution in [1.29, 1.82) is 0 Å². The highest BCUT2D eigenvalue weighted by atomic mass is 19.4. The lowest BCUT2D eigenvalue weighted by atomic mass is 9.99. The van der Waals surface area contributed by atoms with Gasteiger partial charge in [0.25, 0.3) is 0 Å². The summed E-state index contributed by atoms with van der Waals surface area (Å²) < 4.78 is 38.0. The van der Waals surface area contributed by atoms with Gasteiger partial charge in [0, 0.05) is 12.1 Å². The fraction of sp³-hybridized carbons (Fsp3) is 0.625. The molecule has 2 atom stereocenters. The van der Waals surface area contributed by atoms with Gasteiger partial charge in [0.1, 0.15) is 0 Å². The van der Waals surface area contributed by atoms with Crippen molar-refractivity contribution in [2.24, 2.45) is 0 Å². The summed E-state index contributed by atoms with van der Waals surface area (Å²) >= 11 is 0. The first-order chi connectivity index (χ1) is 9.65. The SMILES string of the molecule is CCc1ccc(C(O)C(C)N(CC(F)(F)F)C(C)C)cc1. The summed E-state index contributed by atoms with van der Waals surface area (Å²) in [5.74, 6) is 0. The standard InChI is InChI=1S/C16H24F3NO/c1-5-13-6-8-14(9-7-13)15(21)12(4)20(11(2)3)10-16(17,18)19/h6-9,11-12,15,21H,5,10H2,1-4H3. The van der Waals surface area contributed by atoms with Crippen LogP contribution in [-0.4, -0.2) is 34.8 Å². The smallest absolute Gasteiger partial charge is 0.387 e. The molecule has 0 radical (unpaired) electrons. The van der Waals surface area contributed by atoms with Crippen LogP contribution in [0.5, 0.6) is 0 Å². The second kappa shape index (κ2) is 7.27. The topological polar surface area (TPSA) is 23.5 Å². The van der Waals surface area contributed by atoms with Crippen LogP contribution in [0.3, 0.4) is 0 Å². The molecule has 0 saturated carbocycles. The highest BCUT2D eigenvalue weighted by Gasteiger charge is 2.36. The maximum atomic E-state index is 12.7. The molecule has 21 heavy (non-hydrogen) atoms. The molecule has 0 fully saturated rings. The summed E-state index contributed by atoms with van der Waals surface area (Å²) in [6, 6.07) is 6.45. The van der Waals surface area contributed by atoms with Gasteiger partial charge >= 0.3 is 6.18 Å². The van der Waals surface area contributed by atoms with E-state index in [1.54, 1.807) is 32.9 Å². The lowest BCUT2D eigenvalue weighted by Gasteiger charge is -2.36. The Morgan fingerprint density at radius 3 is 2.00 bits per heavy atom. The third-order valence-corrected chi connectivity index (χ3v) is 3.73. The molecular formula is C16H24F3NO. The predicted octanol–water partition coefficient (Wildman–Crippen LogP) is 3.94. The molecular weight excluding hydrogens is 279 g/mol. The molecule has 0 bridgehead atoms. The van der Waals surface area contributed by atoms with E-state index in [2.05, 4.69) is 0 Å². The number of hydrogen-bond acceptors (Lipinski definition) is 2. The van der Waals surface area contributed by atoms with Crippen LogP contribution in [0.4, 0.5) is 13.2 Å². The normalized spacial score (nSPS) is 15.5. The molecule has 2 unspecified atom stereocenters. The predicted molar refractivity (Wildman–Crippen MR) is 78.1 cm³/mol. The van der Waals surface area contributed by atoms with Crippen LogP contribution >= 0.6 is 0 Å². The third kappa shape index (κ3) is 5.32. The van der Waals surface area contributed by atoms with Crippen LogP contribution < -0.4 is 0 Å². The Labute approximate surface area is 124 Å². The zero-order valence-corrected chi connectivity index (χ0v) is 13.0. The number of rotatable bonds is 6. The Balaban J connectivity index is 2.88. The summed E-state index contributed by atoms with van der Waals surface area (Å²) in [4.78, 5) is 1.28. The van der Waals surface area contributed by atoms with Crippen molar-refractivity contribution in [3.05, 3.63) is 35.4 Å². The number of halogens is 3. The number of alkyl halides is 3. The molecule has 1 rings (SSSR count). The van der Waals surface area contributed by atoms with Crippen molar-refractivity contribution in [3.63, 3.8) is 0 Å². The lowest BCUT2D eigenvalue weighted by molar-refractivity contribution is -0.159. The number of nitrogens with zero attached hydrogens (tertiary/aromatic N) is 1. The Hall–Kier alpha value is -1.07. The molecule has 1 aromatic carbocycles. The Bertz CT molecular complexity index is 428. The summed E-state index contributed by atoms with van der Waals surface area (Å²) in [5.41, 5.74) is 1.78. The van der Waals surface area contributed by atoms with Crippen molar-refractivity contribution in [2.45, 2.75) is 58.5 Å². The minimum atomic E-state index is -4.27. The van der Waals surface area contributed by atoms with Gasteiger partial charge in [0.2, 0.25) is 0 Å². The minimum Gasteiger partial charge on any atom is -0.387 e. The van der Waals surface area contributed by atoms with Crippen molar-refractivity contribution in [1.82, 2.24) is 4.90 Å². The van der Waals surface area contributed by atoms with Crippen molar-refractivity contribution >= 4 is 0 Å². The van der Waals surface area contributed by atoms with Crippen LogP contribution in [0.25, 0.3) is 0 Å². The summed E-state index contributed by atoms with van der Waals surface area (Å²) in [6.45, 7) is 6.04. The fourth-order valence-electron chi connectivity index (χ4n) is 2.41. The first-order valence-electron chi connectivity index (χ1n) is 7.25. The molecule has 5 heteroatoms. The van der Waals surface area contributed by atoms with Gasteiger partial charge in [-0.05, 0) is 38.3 Å². The van der Waals surface area contributed by atoms with Crippen molar-refractivity contribution in [2.75, 3.05) is 6.54 Å². The molecule has 0 amide bonds. The van der Waals surface area contributed by atoms with Gasteiger partial charge in [-0.15, -0.1) is 0 Å². The summed E-state index contributed by atoms with van der Waals surface area (Å²) in [5, 5.41) is 10.4. The van der Waals surface area contributed by atoms with E-state index in [1.807, 2.05) is 19.1 Å². The van der Waals surface area contributed by atoms with Gasteiger partial charge in [-0.1, -0.05) is 31.2 Å². The van der Waals surface area contributed by atoms with Gasteiger partial charge in [0.15, 0.2) is 0 Å². The Morgan fingerprint density at radius 2 is 1.62 bits per heavy atom. The first kappa shape index (κ1) is 18.0. The van der Waals surface area contributed by atoms with Gasteiger partial charge < -0.3 is 5.11 Å². The summed E-state index contributed by atoms with van der Waals surface area (Å²) in [7, 11) is 0. The van der Waals surface area contributed by atoms with Crippen LogP contribution in [-0.2, 0) is 6.42 Å². The Morgan fingerprint density at radius 1 is 1.10 bits per heavy atom. The average molecular weight is 303 g/mol. The first-order valence-corrected chi connectivity index (χ1v) is 7.25. The minimum absolute atomic E-state index is 0.300. The molecule has 120 valence electrons. The van der Waals surface area contributed by atoms with E-state index in [0.29, 0.717) is 5.56 Å². The quantitative estimate of drug-likeness (QED) is 0.860. The van der Waals surface area contributed by atoms with Crippen molar-refractivity contribution < 1.29 is 18.3 Å². The van der Waals surface area contributed by atoms with Crippen LogP contribution in [0.15, 0.2) is 24.3 Å². The molecule has 0 aliphatic carbocycles. The average Bonchev–Trinajstić information content (AvgIpc) is 2.42. The highest BCUT2D eigenvalue weighted by Crippen LogP contribution is 2.26. The fourth-order valence-corrected chi connectivity index (χ4v) is 2.41. The molecule has 0 aromatic heterocycles. The maximum Gasteiger partial charge on any atom is 0.401 e. The molecule has 1 N–H and O–H groups in total. The maximum absolute atomic E-state index is 12.7. The van der Waals surface area contributed by atoms with E-state index in [1.165, 1.54) is 4.90 Å². The van der Waals surface area contributed by atoms with Crippen LogP contribution in [0.1, 0.15) is 44.9 Å². The number of aliphatic hydroxyl groups excluding tert-OH is 1. The van der Waals surface area contributed by atoms with E-state index in [9.17, 15) is 18.3 Å². The van der Waals surface area contributed by atoms with Crippen molar-refractivity contribution in [3.8, 4) is 0 Å². The van der Waals surface area contributed by atoms with Crippen LogP contribution in [0.2, 0.25) is 0 Å². The van der Waals surface area contributed by atoms with E-state index < -0.39 is 24.9 Å². The van der Waals surface area contributed by atoms with E-state index >= 15 is 0 Å². The molecule has 0 saturated heterocycles. The monoisotopic (exact) mass is 303 g/mol. The van der Waals surface area contributed by atoms with E-state index in [4.69, 9.17) is 0 Å². The second-order valence-electron chi connectivity index (χ2n) is 5.66. The highest BCUT2D eigenvalue weighted by molar-refractivity contribution is 5.25. The van der Waals surface area contributed by atoms with E-state index in [-0.39, 0.29) is 6.04 Å². The Kier molecular flexibility index (Phi) is 6.23. The zero-order chi connectivity index (χ0) is 16.2. The molecule has 2 nitrogen and oxygen atoms in total. The van der Waals surface area contributed by atoms with Gasteiger partial charge in [0.05, 0.1) is 12.6 Å². The largest absolute Gasteiger partial charge is 0.401 e. The molecule has 0 spiro atoms. The molecule has 0 heterocycles. The number of benzene rings is 1. The lowest BCUT2D eigenvalue weighted by Crippen LogP contribution is -2.47. The number of aryl methyl sites for hydroxylation is 1. The molecule has 0 aliphatic heterocycles. The summed E-state index contributed by atoms with van der Waals surface area (Å²) in [6.07, 6.45) is -4.33. The zero-order valence-electron chi connectivity index (χ0n) is 13.0. The van der Waals surface area contributed by atoms with Gasteiger partial charge in [-0.25, -0.2) is 0 Å². The van der Waals surface area contributed by atoms with E-state index in [0.717, 1.165) is 12.0 Å². The number of aliphatic hydroxyl groups is 1. The van der Waals surface area contributed by atoms with Gasteiger partial charge in [-0.3, -0.25) is 4.90 Å².